The Morgan fingerprint density at radius 3 is 2.87 bits per heavy atom. The van der Waals surface area contributed by atoms with Crippen LogP contribution in [-0.4, -0.2) is 28.1 Å². The van der Waals surface area contributed by atoms with Crippen LogP contribution in [0.2, 0.25) is 0 Å². The van der Waals surface area contributed by atoms with Crippen LogP contribution in [0, 0.1) is 11.6 Å². The number of benzene rings is 2. The van der Waals surface area contributed by atoms with Crippen molar-refractivity contribution in [3.05, 3.63) is 82.0 Å². The molecule has 1 N–H and O–H groups in total. The van der Waals surface area contributed by atoms with Crippen molar-refractivity contribution in [1.82, 2.24) is 20.3 Å². The van der Waals surface area contributed by atoms with Gasteiger partial charge in [0.05, 0.1) is 30.8 Å². The molecule has 0 aliphatic heterocycles. The van der Waals surface area contributed by atoms with Crippen molar-refractivity contribution >= 4 is 11.0 Å². The molecule has 2 aromatic carbocycles. The minimum Gasteiger partial charge on any atom is -0.497 e. The lowest BCUT2D eigenvalue weighted by atomic mass is 10.1. The molecule has 0 radical (unpaired) electrons. The normalized spacial score (nSPS) is 17.8. The fourth-order valence-electron chi connectivity index (χ4n) is 3.71. The number of fused-ring (bicyclic) bond motifs is 1. The lowest BCUT2D eigenvalue weighted by Gasteiger charge is -2.06. The van der Waals surface area contributed by atoms with Crippen molar-refractivity contribution < 1.29 is 17.9 Å². The zero-order chi connectivity index (χ0) is 21.5. The van der Waals surface area contributed by atoms with Crippen molar-refractivity contribution in [1.29, 1.82) is 0 Å². The van der Waals surface area contributed by atoms with E-state index in [1.165, 1.54) is 23.9 Å². The first-order chi connectivity index (χ1) is 15.0. The molecule has 1 saturated carbocycles. The average molecular weight is 424 g/mol. The van der Waals surface area contributed by atoms with Crippen LogP contribution >= 0.6 is 0 Å². The second-order valence-corrected chi connectivity index (χ2v) is 7.47. The predicted molar refractivity (Wildman–Crippen MR) is 108 cm³/mol. The monoisotopic (exact) mass is 424 g/mol. The van der Waals surface area contributed by atoms with Gasteiger partial charge in [0, 0.05) is 30.0 Å². The summed E-state index contributed by atoms with van der Waals surface area (Å²) in [6.07, 6.45) is 2.58. The zero-order valence-electron chi connectivity index (χ0n) is 16.5. The zero-order valence-corrected chi connectivity index (χ0v) is 16.5. The Bertz CT molecular complexity index is 1330. The van der Waals surface area contributed by atoms with Crippen LogP contribution in [0.25, 0.3) is 16.7 Å². The van der Waals surface area contributed by atoms with Crippen LogP contribution in [0.4, 0.5) is 8.78 Å². The molecule has 1 aliphatic carbocycles. The van der Waals surface area contributed by atoms with E-state index in [-0.39, 0.29) is 12.0 Å². The number of aromatic nitrogens is 3. The van der Waals surface area contributed by atoms with Crippen LogP contribution in [0.1, 0.15) is 23.6 Å². The SMILES string of the molecule is COc1ccc2c(-n3cc(CN[C@@H]4C[C@H]4c4ccc(F)c(F)c4)nn3)cc(=O)oc2c1. The summed E-state index contributed by atoms with van der Waals surface area (Å²) in [6, 6.07) is 10.8. The molecule has 2 atom stereocenters. The molecule has 0 bridgehead atoms. The first-order valence-electron chi connectivity index (χ1n) is 9.73. The topological polar surface area (TPSA) is 82.2 Å². The van der Waals surface area contributed by atoms with Gasteiger partial charge in [-0.1, -0.05) is 11.3 Å². The largest absolute Gasteiger partial charge is 0.497 e. The van der Waals surface area contributed by atoms with Crippen LogP contribution in [0.15, 0.2) is 57.9 Å². The third-order valence-corrected chi connectivity index (χ3v) is 5.43. The molecule has 0 saturated heterocycles. The standard InChI is InChI=1S/C22H18F2N4O3/c1-30-14-3-4-15-20(9-22(29)31-21(15)7-14)28-11-13(26-27-28)10-25-19-8-16(19)12-2-5-17(23)18(24)6-12/h2-7,9,11,16,19,25H,8,10H2,1H3/t16-,19+/m0/s1. The predicted octanol–water partition coefficient (Wildman–Crippen LogP) is 3.31. The summed E-state index contributed by atoms with van der Waals surface area (Å²) in [6.45, 7) is 0.456. The van der Waals surface area contributed by atoms with E-state index in [0.717, 1.165) is 18.1 Å². The highest BCUT2D eigenvalue weighted by Gasteiger charge is 2.38. The third kappa shape index (κ3) is 3.79. The van der Waals surface area contributed by atoms with Crippen molar-refractivity contribution in [3.63, 3.8) is 0 Å². The molecule has 0 unspecified atom stereocenters. The summed E-state index contributed by atoms with van der Waals surface area (Å²) in [4.78, 5) is 12.0. The van der Waals surface area contributed by atoms with Gasteiger partial charge in [-0.25, -0.2) is 18.3 Å². The summed E-state index contributed by atoms with van der Waals surface area (Å²) in [5.41, 5.74) is 1.91. The molecule has 0 spiro atoms. The van der Waals surface area contributed by atoms with E-state index in [9.17, 15) is 13.6 Å². The second-order valence-electron chi connectivity index (χ2n) is 7.47. The molecule has 0 amide bonds. The third-order valence-electron chi connectivity index (χ3n) is 5.43. The first-order valence-corrected chi connectivity index (χ1v) is 9.73. The Balaban J connectivity index is 1.31. The highest BCUT2D eigenvalue weighted by atomic mass is 19.2. The molecule has 31 heavy (non-hydrogen) atoms. The van der Waals surface area contributed by atoms with E-state index in [1.54, 1.807) is 30.5 Å². The lowest BCUT2D eigenvalue weighted by molar-refractivity contribution is 0.414. The summed E-state index contributed by atoms with van der Waals surface area (Å²) in [5, 5.41) is 12.4. The van der Waals surface area contributed by atoms with Gasteiger partial charge in [0.2, 0.25) is 0 Å². The molecule has 1 aliphatic rings. The van der Waals surface area contributed by atoms with E-state index in [1.807, 2.05) is 0 Å². The number of ether oxygens (including phenoxy) is 1. The Kier molecular flexibility index (Phi) is 4.74. The molecule has 1 fully saturated rings. The molecule has 4 aromatic rings. The van der Waals surface area contributed by atoms with Crippen molar-refractivity contribution in [3.8, 4) is 11.4 Å². The van der Waals surface area contributed by atoms with Gasteiger partial charge in [0.25, 0.3) is 0 Å². The number of hydrogen-bond donors (Lipinski definition) is 1. The van der Waals surface area contributed by atoms with Crippen LogP contribution < -0.4 is 15.7 Å². The number of halogens is 2. The highest BCUT2D eigenvalue weighted by molar-refractivity contribution is 5.86. The number of nitrogens with zero attached hydrogens (tertiary/aromatic N) is 3. The summed E-state index contributed by atoms with van der Waals surface area (Å²) in [5.74, 6) is -0.950. The minimum atomic E-state index is -0.841. The van der Waals surface area contributed by atoms with E-state index in [4.69, 9.17) is 9.15 Å². The maximum Gasteiger partial charge on any atom is 0.338 e. The maximum absolute atomic E-state index is 13.4. The van der Waals surface area contributed by atoms with Crippen molar-refractivity contribution in [2.75, 3.05) is 7.11 Å². The second kappa shape index (κ2) is 7.59. The summed E-state index contributed by atoms with van der Waals surface area (Å²) < 4.78 is 38.5. The van der Waals surface area contributed by atoms with E-state index in [2.05, 4.69) is 15.6 Å². The smallest absolute Gasteiger partial charge is 0.338 e. The van der Waals surface area contributed by atoms with Gasteiger partial charge < -0.3 is 14.5 Å². The molecule has 5 rings (SSSR count). The molecule has 9 heteroatoms. The summed E-state index contributed by atoms with van der Waals surface area (Å²) >= 11 is 0. The fourth-order valence-corrected chi connectivity index (χ4v) is 3.71. The van der Waals surface area contributed by atoms with Crippen LogP contribution in [0.5, 0.6) is 5.75 Å². The molecule has 2 heterocycles. The number of nitrogens with one attached hydrogen (secondary N) is 1. The Labute approximate surface area is 175 Å². The number of rotatable bonds is 6. The number of methoxy groups -OCH3 is 1. The van der Waals surface area contributed by atoms with Gasteiger partial charge in [0.15, 0.2) is 11.6 Å². The van der Waals surface area contributed by atoms with Gasteiger partial charge in [0.1, 0.15) is 11.3 Å². The minimum absolute atomic E-state index is 0.142. The van der Waals surface area contributed by atoms with Gasteiger partial charge in [-0.2, -0.15) is 0 Å². The van der Waals surface area contributed by atoms with E-state index >= 15 is 0 Å². The van der Waals surface area contributed by atoms with Gasteiger partial charge in [-0.3, -0.25) is 0 Å². The van der Waals surface area contributed by atoms with Crippen molar-refractivity contribution in [2.45, 2.75) is 24.9 Å². The molecule has 7 nitrogen and oxygen atoms in total. The lowest BCUT2D eigenvalue weighted by Crippen LogP contribution is -2.17. The molecule has 158 valence electrons. The molecular formula is C22H18F2N4O3. The van der Waals surface area contributed by atoms with E-state index in [0.29, 0.717) is 34.6 Å². The summed E-state index contributed by atoms with van der Waals surface area (Å²) in [7, 11) is 1.54. The quantitative estimate of drug-likeness (QED) is 0.479. The molecule has 2 aromatic heterocycles. The van der Waals surface area contributed by atoms with Crippen molar-refractivity contribution in [2.24, 2.45) is 0 Å². The Morgan fingerprint density at radius 1 is 1.19 bits per heavy atom. The highest BCUT2D eigenvalue weighted by Crippen LogP contribution is 2.41. The van der Waals surface area contributed by atoms with E-state index < -0.39 is 17.3 Å². The maximum atomic E-state index is 13.4. The van der Waals surface area contributed by atoms with Crippen LogP contribution in [0.3, 0.4) is 0 Å². The Hall–Kier alpha value is -3.59. The fraction of sp³-hybridized carbons (Fsp3) is 0.227. The number of hydrogen-bond acceptors (Lipinski definition) is 6. The first kappa shape index (κ1) is 19.4. The van der Waals surface area contributed by atoms with Gasteiger partial charge >= 0.3 is 5.63 Å². The average Bonchev–Trinajstić information content (AvgIpc) is 3.39. The Morgan fingerprint density at radius 2 is 2.06 bits per heavy atom. The van der Waals surface area contributed by atoms with Gasteiger partial charge in [-0.15, -0.1) is 5.10 Å². The van der Waals surface area contributed by atoms with Gasteiger partial charge in [-0.05, 0) is 36.2 Å². The molecular weight excluding hydrogens is 406 g/mol. The van der Waals surface area contributed by atoms with Crippen LogP contribution in [-0.2, 0) is 6.54 Å².